The normalized spacial score (nSPS) is 13.0. The Bertz CT molecular complexity index is 752. The predicted octanol–water partition coefficient (Wildman–Crippen LogP) is 3.57. The zero-order valence-electron chi connectivity index (χ0n) is 11.6. The van der Waals surface area contributed by atoms with E-state index >= 15 is 0 Å². The summed E-state index contributed by atoms with van der Waals surface area (Å²) >= 11 is 6.18. The molecular formula is C17H14ClNO2. The van der Waals surface area contributed by atoms with Gasteiger partial charge in [0.15, 0.2) is 5.78 Å². The van der Waals surface area contributed by atoms with Gasteiger partial charge in [0.05, 0.1) is 11.4 Å². The van der Waals surface area contributed by atoms with Crippen molar-refractivity contribution >= 4 is 29.0 Å². The lowest BCUT2D eigenvalue weighted by Crippen LogP contribution is -2.06. The molecule has 0 fully saturated rings. The number of nitrogens with one attached hydrogen (secondary N) is 1. The number of benzene rings is 2. The summed E-state index contributed by atoms with van der Waals surface area (Å²) in [5.74, 6) is -0.0963. The lowest BCUT2D eigenvalue weighted by atomic mass is 9.98. The molecule has 1 aliphatic rings. The van der Waals surface area contributed by atoms with Gasteiger partial charge in [0.2, 0.25) is 5.91 Å². The van der Waals surface area contributed by atoms with Gasteiger partial charge in [-0.05, 0) is 35.7 Å². The van der Waals surface area contributed by atoms with Gasteiger partial charge in [-0.25, -0.2) is 0 Å². The number of rotatable bonds is 3. The third-order valence-electron chi connectivity index (χ3n) is 3.73. The Morgan fingerprint density at radius 3 is 2.81 bits per heavy atom. The highest BCUT2D eigenvalue weighted by Gasteiger charge is 2.22. The summed E-state index contributed by atoms with van der Waals surface area (Å²) in [7, 11) is 0. The van der Waals surface area contributed by atoms with E-state index in [1.807, 2.05) is 31.2 Å². The molecule has 0 saturated carbocycles. The molecule has 4 heteroatoms. The van der Waals surface area contributed by atoms with Crippen LogP contribution in [0.15, 0.2) is 36.4 Å². The van der Waals surface area contributed by atoms with Gasteiger partial charge in [0.1, 0.15) is 0 Å². The number of amides is 1. The topological polar surface area (TPSA) is 46.2 Å². The Balaban J connectivity index is 1.91. The molecule has 2 aromatic rings. The third kappa shape index (κ3) is 2.69. The Hall–Kier alpha value is -2.13. The van der Waals surface area contributed by atoms with Crippen molar-refractivity contribution in [1.82, 2.24) is 0 Å². The molecule has 3 nitrogen and oxygen atoms in total. The van der Waals surface area contributed by atoms with E-state index in [9.17, 15) is 9.59 Å². The Morgan fingerprint density at radius 1 is 1.29 bits per heavy atom. The number of carbonyl (C=O) groups is 2. The first-order valence-corrected chi connectivity index (χ1v) is 7.12. The molecule has 106 valence electrons. The number of fused-ring (bicyclic) bond motifs is 1. The van der Waals surface area contributed by atoms with E-state index in [-0.39, 0.29) is 11.7 Å². The third-order valence-corrected chi connectivity index (χ3v) is 4.04. The number of Topliss-reactive ketones (excluding diaryl/α,β-unsaturated/α-hetero) is 1. The number of ketones is 1. The smallest absolute Gasteiger partial charge is 0.228 e. The molecule has 21 heavy (non-hydrogen) atoms. The fourth-order valence-electron chi connectivity index (χ4n) is 2.54. The Labute approximate surface area is 127 Å². The van der Waals surface area contributed by atoms with E-state index < -0.39 is 0 Å². The number of aryl methyl sites for hydroxylation is 1. The van der Waals surface area contributed by atoms with Crippen LogP contribution in [0.5, 0.6) is 0 Å². The van der Waals surface area contributed by atoms with E-state index in [1.165, 1.54) is 0 Å². The van der Waals surface area contributed by atoms with Gasteiger partial charge in [-0.1, -0.05) is 35.9 Å². The number of hydrogen-bond donors (Lipinski definition) is 1. The second-order valence-corrected chi connectivity index (χ2v) is 5.65. The van der Waals surface area contributed by atoms with Gasteiger partial charge in [-0.2, -0.15) is 0 Å². The van der Waals surface area contributed by atoms with Crippen LogP contribution in [0.3, 0.4) is 0 Å². The number of halogens is 1. The highest BCUT2D eigenvalue weighted by Crippen LogP contribution is 2.30. The largest absolute Gasteiger partial charge is 0.325 e. The molecule has 3 rings (SSSR count). The average Bonchev–Trinajstić information content (AvgIpc) is 2.79. The SMILES string of the molecule is Cc1ccccc1CC(=O)c1cc2c(cc1Cl)NC(=O)C2. The van der Waals surface area contributed by atoms with Crippen LogP contribution in [0.25, 0.3) is 0 Å². The number of anilines is 1. The predicted molar refractivity (Wildman–Crippen MR) is 83.0 cm³/mol. The molecule has 1 N–H and O–H groups in total. The Kier molecular flexibility index (Phi) is 3.52. The maximum atomic E-state index is 12.5. The van der Waals surface area contributed by atoms with Gasteiger partial charge in [0, 0.05) is 17.7 Å². The minimum atomic E-state index is -0.0652. The number of carbonyl (C=O) groups excluding carboxylic acids is 2. The summed E-state index contributed by atoms with van der Waals surface area (Å²) in [4.78, 5) is 23.9. The molecule has 0 radical (unpaired) electrons. The molecule has 0 saturated heterocycles. The van der Waals surface area contributed by atoms with Crippen LogP contribution in [0.4, 0.5) is 5.69 Å². The Morgan fingerprint density at radius 2 is 2.05 bits per heavy atom. The fourth-order valence-corrected chi connectivity index (χ4v) is 2.81. The van der Waals surface area contributed by atoms with Gasteiger partial charge in [-0.15, -0.1) is 0 Å². The molecule has 2 aromatic carbocycles. The van der Waals surface area contributed by atoms with Crippen molar-refractivity contribution in [3.8, 4) is 0 Å². The zero-order chi connectivity index (χ0) is 15.0. The first-order valence-electron chi connectivity index (χ1n) is 6.74. The van der Waals surface area contributed by atoms with Crippen molar-refractivity contribution in [3.05, 3.63) is 63.7 Å². The molecule has 0 atom stereocenters. The zero-order valence-corrected chi connectivity index (χ0v) is 12.3. The molecule has 0 bridgehead atoms. The van der Waals surface area contributed by atoms with Crippen molar-refractivity contribution in [1.29, 1.82) is 0 Å². The molecule has 1 amide bonds. The first kappa shape index (κ1) is 13.8. The van der Waals surface area contributed by atoms with Crippen molar-refractivity contribution < 1.29 is 9.59 Å². The average molecular weight is 300 g/mol. The second-order valence-electron chi connectivity index (χ2n) is 5.24. The van der Waals surface area contributed by atoms with Crippen molar-refractivity contribution in [2.45, 2.75) is 19.8 Å². The van der Waals surface area contributed by atoms with Crippen LogP contribution < -0.4 is 5.32 Å². The molecule has 0 aromatic heterocycles. The summed E-state index contributed by atoms with van der Waals surface area (Å²) in [6.45, 7) is 1.98. The van der Waals surface area contributed by atoms with Gasteiger partial charge in [-0.3, -0.25) is 9.59 Å². The van der Waals surface area contributed by atoms with Crippen molar-refractivity contribution in [2.24, 2.45) is 0 Å². The molecule has 0 unspecified atom stereocenters. The summed E-state index contributed by atoms with van der Waals surface area (Å²) in [5.41, 5.74) is 4.10. The lowest BCUT2D eigenvalue weighted by molar-refractivity contribution is -0.115. The quantitative estimate of drug-likeness (QED) is 0.881. The highest BCUT2D eigenvalue weighted by molar-refractivity contribution is 6.34. The van der Waals surface area contributed by atoms with Gasteiger partial charge in [0.25, 0.3) is 0 Å². The fraction of sp³-hybridized carbons (Fsp3) is 0.176. The molecule has 0 spiro atoms. The maximum Gasteiger partial charge on any atom is 0.228 e. The number of hydrogen-bond acceptors (Lipinski definition) is 2. The van der Waals surface area contributed by atoms with E-state index in [0.29, 0.717) is 29.1 Å². The van der Waals surface area contributed by atoms with Crippen LogP contribution >= 0.6 is 11.6 Å². The summed E-state index contributed by atoms with van der Waals surface area (Å²) in [5, 5.41) is 3.11. The minimum absolute atomic E-state index is 0.0311. The van der Waals surface area contributed by atoms with Crippen molar-refractivity contribution in [2.75, 3.05) is 5.32 Å². The van der Waals surface area contributed by atoms with Crippen LogP contribution in [-0.2, 0) is 17.6 Å². The summed E-state index contributed by atoms with van der Waals surface area (Å²) < 4.78 is 0. The van der Waals surface area contributed by atoms with Crippen LogP contribution in [0, 0.1) is 6.92 Å². The lowest BCUT2D eigenvalue weighted by Gasteiger charge is -2.08. The maximum absolute atomic E-state index is 12.5. The van der Waals surface area contributed by atoms with Crippen LogP contribution in [0.2, 0.25) is 5.02 Å². The molecule has 0 aliphatic carbocycles. The van der Waals surface area contributed by atoms with Crippen molar-refractivity contribution in [3.63, 3.8) is 0 Å². The van der Waals surface area contributed by atoms with Crippen LogP contribution in [-0.4, -0.2) is 11.7 Å². The van der Waals surface area contributed by atoms with E-state index in [2.05, 4.69) is 5.32 Å². The van der Waals surface area contributed by atoms with Gasteiger partial charge >= 0.3 is 0 Å². The van der Waals surface area contributed by atoms with E-state index in [4.69, 9.17) is 11.6 Å². The molecule has 1 aliphatic heterocycles. The summed E-state index contributed by atoms with van der Waals surface area (Å²) in [6.07, 6.45) is 0.615. The van der Waals surface area contributed by atoms with Crippen LogP contribution in [0.1, 0.15) is 27.0 Å². The van der Waals surface area contributed by atoms with E-state index in [0.717, 1.165) is 16.7 Å². The standard InChI is InChI=1S/C17H14ClNO2/c1-10-4-2-3-5-11(10)7-16(20)13-6-12-8-17(21)19-15(12)9-14(13)18/h2-6,9H,7-8H2,1H3,(H,19,21). The van der Waals surface area contributed by atoms with E-state index in [1.54, 1.807) is 12.1 Å². The first-order chi connectivity index (χ1) is 10.0. The summed E-state index contributed by atoms with van der Waals surface area (Å²) in [6, 6.07) is 11.2. The monoisotopic (exact) mass is 299 g/mol. The minimum Gasteiger partial charge on any atom is -0.325 e. The van der Waals surface area contributed by atoms with Gasteiger partial charge < -0.3 is 5.32 Å². The highest BCUT2D eigenvalue weighted by atomic mass is 35.5. The molecule has 1 heterocycles. The second kappa shape index (κ2) is 5.34. The molecular weight excluding hydrogens is 286 g/mol.